The van der Waals surface area contributed by atoms with Crippen LogP contribution in [0.3, 0.4) is 0 Å². The number of rotatable bonds is 1. The Morgan fingerprint density at radius 3 is 1.88 bits per heavy atom. The van der Waals surface area contributed by atoms with Crippen molar-refractivity contribution < 1.29 is 38.4 Å². The van der Waals surface area contributed by atoms with Gasteiger partial charge in [0.25, 0.3) is 7.82 Å². The van der Waals surface area contributed by atoms with E-state index in [2.05, 4.69) is 4.52 Å². The maximum Gasteiger partial charge on any atom is 0.264 e. The molecule has 0 heterocycles. The van der Waals surface area contributed by atoms with Crippen molar-refractivity contribution in [3.63, 3.8) is 0 Å². The molecule has 0 amide bonds. The Balaban J connectivity index is -0.000000125. The molecule has 0 aliphatic rings. The molecule has 0 aromatic rings. The van der Waals surface area contributed by atoms with Crippen molar-refractivity contribution in [3.8, 4) is 0 Å². The SMILES string of the molecule is COP(=O)([O-])O.[CH3-].[Zn]. The molecule has 1 N–H and O–H groups in total. The van der Waals surface area contributed by atoms with Crippen molar-refractivity contribution in [3.05, 3.63) is 7.43 Å². The van der Waals surface area contributed by atoms with Gasteiger partial charge >= 0.3 is 0 Å². The summed E-state index contributed by atoms with van der Waals surface area (Å²) in [6, 6.07) is 0. The summed E-state index contributed by atoms with van der Waals surface area (Å²) in [6.07, 6.45) is 0. The van der Waals surface area contributed by atoms with E-state index in [4.69, 9.17) is 4.89 Å². The molecule has 0 spiro atoms. The third kappa shape index (κ3) is 15.9. The van der Waals surface area contributed by atoms with Crippen LogP contribution in [0.1, 0.15) is 0 Å². The maximum absolute atomic E-state index is 9.36. The molecule has 8 heavy (non-hydrogen) atoms. The van der Waals surface area contributed by atoms with Gasteiger partial charge in [-0.1, -0.05) is 0 Å². The van der Waals surface area contributed by atoms with E-state index in [-0.39, 0.29) is 26.9 Å². The van der Waals surface area contributed by atoms with E-state index in [0.29, 0.717) is 0 Å². The largest absolute Gasteiger partial charge is 0.756 e. The summed E-state index contributed by atoms with van der Waals surface area (Å²) in [7, 11) is -3.51. The van der Waals surface area contributed by atoms with Gasteiger partial charge in [-0.2, -0.15) is 0 Å². The molecule has 0 aliphatic heterocycles. The Morgan fingerprint density at radius 2 is 1.88 bits per heavy atom. The maximum atomic E-state index is 9.36. The summed E-state index contributed by atoms with van der Waals surface area (Å²) < 4.78 is 12.9. The van der Waals surface area contributed by atoms with Crippen LogP contribution in [0.5, 0.6) is 0 Å². The standard InChI is InChI=1S/CH5O4P.CH3.Zn/c1-5-6(2,3)4;;/h1H3,(H2,2,3,4);1H3;/q;-1;/p-1. The zero-order chi connectivity index (χ0) is 5.21. The van der Waals surface area contributed by atoms with Gasteiger partial charge in [-0.15, -0.1) is 0 Å². The Hall–Kier alpha value is 0.733. The van der Waals surface area contributed by atoms with E-state index >= 15 is 0 Å². The average Bonchev–Trinajstić information content (AvgIpc) is 1.35. The van der Waals surface area contributed by atoms with Crippen molar-refractivity contribution in [1.29, 1.82) is 0 Å². The average molecular weight is 191 g/mol. The fourth-order valence-corrected chi connectivity index (χ4v) is 0. The first-order chi connectivity index (χ1) is 2.56. The second-order valence-corrected chi connectivity index (χ2v) is 1.95. The minimum absolute atomic E-state index is 0. The summed E-state index contributed by atoms with van der Waals surface area (Å²) in [6.45, 7) is 0. The van der Waals surface area contributed by atoms with Crippen molar-refractivity contribution in [2.75, 3.05) is 7.11 Å². The normalized spacial score (nSPS) is 14.9. The first kappa shape index (κ1) is 15.9. The van der Waals surface area contributed by atoms with E-state index < -0.39 is 7.82 Å². The van der Waals surface area contributed by atoms with Gasteiger partial charge in [-0.05, 0) is 0 Å². The third-order valence-corrected chi connectivity index (χ3v) is 0.692. The van der Waals surface area contributed by atoms with Gasteiger partial charge in [0.1, 0.15) is 0 Å². The van der Waals surface area contributed by atoms with Gasteiger partial charge in [0.05, 0.1) is 0 Å². The Labute approximate surface area is 61.2 Å². The van der Waals surface area contributed by atoms with Crippen LogP contribution in [0.15, 0.2) is 0 Å². The van der Waals surface area contributed by atoms with Gasteiger partial charge in [0.2, 0.25) is 0 Å². The van der Waals surface area contributed by atoms with E-state index in [1.165, 1.54) is 0 Å². The topological polar surface area (TPSA) is 69.6 Å². The predicted octanol–water partition coefficient (Wildman–Crippen LogP) is -0.459. The molecule has 48 valence electrons. The molecule has 0 bridgehead atoms. The Kier molecular flexibility index (Phi) is 11.6. The summed E-state index contributed by atoms with van der Waals surface area (Å²) in [5.41, 5.74) is 0. The summed E-state index contributed by atoms with van der Waals surface area (Å²) in [4.78, 5) is 17.0. The van der Waals surface area contributed by atoms with Crippen LogP contribution in [0.25, 0.3) is 0 Å². The molecular formula is C2H7O4PZn-2. The fraction of sp³-hybridized carbons (Fsp3) is 0.500. The van der Waals surface area contributed by atoms with Crippen molar-refractivity contribution in [1.82, 2.24) is 0 Å². The van der Waals surface area contributed by atoms with Crippen LogP contribution in [-0.4, -0.2) is 12.0 Å². The quantitative estimate of drug-likeness (QED) is 0.346. The molecule has 0 aromatic carbocycles. The van der Waals surface area contributed by atoms with E-state index in [9.17, 15) is 9.46 Å². The monoisotopic (exact) mass is 190 g/mol. The van der Waals surface area contributed by atoms with E-state index in [0.717, 1.165) is 7.11 Å². The van der Waals surface area contributed by atoms with Crippen LogP contribution < -0.4 is 4.89 Å². The molecule has 0 aliphatic carbocycles. The molecule has 0 aromatic heterocycles. The first-order valence-electron chi connectivity index (χ1n) is 1.16. The Bertz CT molecular complexity index is 78.1. The molecule has 0 radical (unpaired) electrons. The summed E-state index contributed by atoms with van der Waals surface area (Å²) >= 11 is 0. The molecule has 6 heteroatoms. The van der Waals surface area contributed by atoms with Gasteiger partial charge in [-0.25, -0.2) is 0 Å². The van der Waals surface area contributed by atoms with E-state index in [1.807, 2.05) is 0 Å². The van der Waals surface area contributed by atoms with Crippen molar-refractivity contribution >= 4 is 7.82 Å². The molecule has 0 fully saturated rings. The minimum atomic E-state index is -4.40. The second kappa shape index (κ2) is 5.86. The fourth-order valence-electron chi connectivity index (χ4n) is 0. The molecular weight excluding hydrogens is 184 g/mol. The third-order valence-electron chi connectivity index (χ3n) is 0.231. The zero-order valence-corrected chi connectivity index (χ0v) is 8.69. The molecule has 4 nitrogen and oxygen atoms in total. The van der Waals surface area contributed by atoms with Crippen LogP contribution in [0.4, 0.5) is 0 Å². The second-order valence-electron chi connectivity index (χ2n) is 0.651. The van der Waals surface area contributed by atoms with Gasteiger partial charge in [-0.3, -0.25) is 4.57 Å². The van der Waals surface area contributed by atoms with Crippen LogP contribution in [0.2, 0.25) is 0 Å². The van der Waals surface area contributed by atoms with Crippen molar-refractivity contribution in [2.24, 2.45) is 0 Å². The molecule has 1 atom stereocenters. The first-order valence-corrected chi connectivity index (χ1v) is 2.65. The van der Waals surface area contributed by atoms with Gasteiger partial charge in [0, 0.05) is 26.6 Å². The smallest absolute Gasteiger partial charge is 0.264 e. The number of hydrogen-bond acceptors (Lipinski definition) is 3. The van der Waals surface area contributed by atoms with Crippen LogP contribution in [-0.2, 0) is 28.6 Å². The number of phosphoric acid groups is 1. The molecule has 0 saturated carbocycles. The van der Waals surface area contributed by atoms with Crippen molar-refractivity contribution in [2.45, 2.75) is 0 Å². The minimum Gasteiger partial charge on any atom is -0.756 e. The molecule has 0 rings (SSSR count). The molecule has 0 saturated heterocycles. The number of phosphoric ester groups is 1. The van der Waals surface area contributed by atoms with Gasteiger partial charge < -0.3 is 21.7 Å². The van der Waals surface area contributed by atoms with Crippen LogP contribution >= 0.6 is 7.82 Å². The van der Waals surface area contributed by atoms with Gasteiger partial charge in [0.15, 0.2) is 0 Å². The molecule has 1 unspecified atom stereocenters. The summed E-state index contributed by atoms with van der Waals surface area (Å²) in [5.74, 6) is 0. The number of hydrogen-bond donors (Lipinski definition) is 1. The van der Waals surface area contributed by atoms with E-state index in [1.54, 1.807) is 0 Å². The summed E-state index contributed by atoms with van der Waals surface area (Å²) in [5, 5.41) is 0. The van der Waals surface area contributed by atoms with Crippen LogP contribution in [0, 0.1) is 7.43 Å². The Morgan fingerprint density at radius 1 is 1.75 bits per heavy atom. The zero-order valence-electron chi connectivity index (χ0n) is 4.83. The predicted molar refractivity (Wildman–Crippen MR) is 23.2 cm³/mol.